The van der Waals surface area contributed by atoms with Crippen molar-refractivity contribution in [2.24, 2.45) is 0 Å². The Balaban J connectivity index is 1.36. The highest BCUT2D eigenvalue weighted by Crippen LogP contribution is 2.31. The molecule has 7 nitrogen and oxygen atoms in total. The number of likely N-dealkylation sites (tertiary alicyclic amines) is 1. The van der Waals surface area contributed by atoms with Gasteiger partial charge in [0.05, 0.1) is 19.4 Å². The second-order valence-electron chi connectivity index (χ2n) is 8.46. The van der Waals surface area contributed by atoms with E-state index < -0.39 is 0 Å². The molecule has 2 amide bonds. The van der Waals surface area contributed by atoms with Gasteiger partial charge in [0.2, 0.25) is 11.8 Å². The largest absolute Gasteiger partial charge is 0.495 e. The van der Waals surface area contributed by atoms with Crippen LogP contribution in [-0.2, 0) is 22.6 Å². The fourth-order valence-electron chi connectivity index (χ4n) is 4.30. The molecule has 1 unspecified atom stereocenters. The lowest BCUT2D eigenvalue weighted by molar-refractivity contribution is -0.138. The summed E-state index contributed by atoms with van der Waals surface area (Å²) in [7, 11) is 3.77. The molecule has 0 bridgehead atoms. The van der Waals surface area contributed by atoms with Crippen LogP contribution < -0.4 is 14.8 Å². The maximum absolute atomic E-state index is 11.8. The van der Waals surface area contributed by atoms with E-state index in [4.69, 9.17) is 9.47 Å². The maximum atomic E-state index is 11.8. The smallest absolute Gasteiger partial charge is 0.229 e. The van der Waals surface area contributed by atoms with Crippen LogP contribution in [0.15, 0.2) is 36.4 Å². The summed E-state index contributed by atoms with van der Waals surface area (Å²) in [6, 6.07) is 12.9. The number of anilines is 1. The average molecular weight is 438 g/mol. The zero-order chi connectivity index (χ0) is 22.7. The van der Waals surface area contributed by atoms with Gasteiger partial charge in [0.1, 0.15) is 11.5 Å². The zero-order valence-electron chi connectivity index (χ0n) is 19.0. The lowest BCUT2D eigenvalue weighted by atomic mass is 10.0. The van der Waals surface area contributed by atoms with E-state index in [1.165, 1.54) is 16.0 Å². The number of nitrogens with one attached hydrogen (secondary N) is 1. The number of carbonyl (C=O) groups is 2. The summed E-state index contributed by atoms with van der Waals surface area (Å²) in [6.45, 7) is 4.63. The van der Waals surface area contributed by atoms with E-state index in [2.05, 4.69) is 48.5 Å². The second kappa shape index (κ2) is 9.61. The third-order valence-corrected chi connectivity index (χ3v) is 6.36. The number of hydrogen-bond donors (Lipinski definition) is 1. The number of carbonyl (C=O) groups excluding carboxylic acids is 2. The number of methoxy groups -OCH3 is 1. The van der Waals surface area contributed by atoms with Gasteiger partial charge < -0.3 is 14.8 Å². The highest BCUT2D eigenvalue weighted by molar-refractivity contribution is 6.01. The van der Waals surface area contributed by atoms with Crippen LogP contribution >= 0.6 is 0 Å². The van der Waals surface area contributed by atoms with E-state index in [1.807, 2.05) is 12.1 Å². The summed E-state index contributed by atoms with van der Waals surface area (Å²) < 4.78 is 11.2. The van der Waals surface area contributed by atoms with Gasteiger partial charge in [-0.05, 0) is 48.9 Å². The molecule has 1 saturated heterocycles. The Kier molecular flexibility index (Phi) is 6.65. The van der Waals surface area contributed by atoms with Crippen molar-refractivity contribution in [3.63, 3.8) is 0 Å². The standard InChI is InChI=1S/C25H31N3O4/c1-17(19-5-7-22-20(15-19)10-13-32-22)27(2)16-18-4-6-21(23(14-18)31-3)26-11-12-28-24(29)8-9-25(28)30/h4-7,14-15,17,26H,8-13,16H2,1-3H3. The van der Waals surface area contributed by atoms with Crippen molar-refractivity contribution in [1.82, 2.24) is 9.80 Å². The third-order valence-electron chi connectivity index (χ3n) is 6.36. The van der Waals surface area contributed by atoms with Crippen molar-refractivity contribution in [2.75, 3.05) is 39.2 Å². The van der Waals surface area contributed by atoms with Gasteiger partial charge in [0, 0.05) is 44.9 Å². The SMILES string of the molecule is COc1cc(CN(C)C(C)c2ccc3c(c2)CCO3)ccc1NCCN1C(=O)CCC1=O. The van der Waals surface area contributed by atoms with Crippen molar-refractivity contribution in [3.8, 4) is 11.5 Å². The van der Waals surface area contributed by atoms with Gasteiger partial charge in [-0.3, -0.25) is 19.4 Å². The fourth-order valence-corrected chi connectivity index (χ4v) is 4.30. The molecule has 1 fully saturated rings. The average Bonchev–Trinajstić information content (AvgIpc) is 3.40. The lowest BCUT2D eigenvalue weighted by Gasteiger charge is -2.26. The zero-order valence-corrected chi connectivity index (χ0v) is 19.0. The molecule has 0 aromatic heterocycles. The van der Waals surface area contributed by atoms with Gasteiger partial charge in [-0.1, -0.05) is 18.2 Å². The van der Waals surface area contributed by atoms with Gasteiger partial charge in [-0.2, -0.15) is 0 Å². The number of fused-ring (bicyclic) bond motifs is 1. The summed E-state index contributed by atoms with van der Waals surface area (Å²) in [5, 5.41) is 3.29. The Labute approximate surface area is 189 Å². The molecule has 2 heterocycles. The van der Waals surface area contributed by atoms with Gasteiger partial charge in [-0.15, -0.1) is 0 Å². The molecular formula is C25H31N3O4. The molecule has 0 radical (unpaired) electrons. The van der Waals surface area contributed by atoms with Crippen molar-refractivity contribution in [1.29, 1.82) is 0 Å². The molecule has 32 heavy (non-hydrogen) atoms. The van der Waals surface area contributed by atoms with Gasteiger partial charge in [0.15, 0.2) is 0 Å². The van der Waals surface area contributed by atoms with Gasteiger partial charge in [0.25, 0.3) is 0 Å². The second-order valence-corrected chi connectivity index (χ2v) is 8.46. The highest BCUT2D eigenvalue weighted by atomic mass is 16.5. The predicted molar refractivity (Wildman–Crippen MR) is 123 cm³/mol. The van der Waals surface area contributed by atoms with Crippen molar-refractivity contribution < 1.29 is 19.1 Å². The molecule has 0 spiro atoms. The van der Waals surface area contributed by atoms with Crippen LogP contribution in [0.5, 0.6) is 11.5 Å². The topological polar surface area (TPSA) is 71.1 Å². The van der Waals surface area contributed by atoms with Crippen LogP contribution in [-0.4, -0.2) is 55.5 Å². The Morgan fingerprint density at radius 3 is 2.66 bits per heavy atom. The summed E-state index contributed by atoms with van der Waals surface area (Å²) in [4.78, 5) is 27.1. The molecule has 2 aromatic rings. The number of imide groups is 1. The number of nitrogens with zero attached hydrogens (tertiary/aromatic N) is 2. The van der Waals surface area contributed by atoms with Crippen LogP contribution in [0.3, 0.4) is 0 Å². The Morgan fingerprint density at radius 2 is 1.91 bits per heavy atom. The first kappa shape index (κ1) is 22.1. The quantitative estimate of drug-likeness (QED) is 0.607. The predicted octanol–water partition coefficient (Wildman–Crippen LogP) is 3.38. The molecule has 4 rings (SSSR count). The van der Waals surface area contributed by atoms with Crippen molar-refractivity contribution >= 4 is 17.5 Å². The van der Waals surface area contributed by atoms with Crippen LogP contribution in [0.25, 0.3) is 0 Å². The van der Waals surface area contributed by atoms with Crippen LogP contribution in [0, 0.1) is 0 Å². The summed E-state index contributed by atoms with van der Waals surface area (Å²) >= 11 is 0. The fraction of sp³-hybridized carbons (Fsp3) is 0.440. The minimum absolute atomic E-state index is 0.0906. The molecule has 2 aliphatic heterocycles. The molecule has 1 N–H and O–H groups in total. The van der Waals surface area contributed by atoms with Crippen molar-refractivity contribution in [3.05, 3.63) is 53.1 Å². The number of rotatable bonds is 9. The Bertz CT molecular complexity index is 991. The van der Waals surface area contributed by atoms with Crippen LogP contribution in [0.1, 0.15) is 42.5 Å². The van der Waals surface area contributed by atoms with E-state index >= 15 is 0 Å². The lowest BCUT2D eigenvalue weighted by Crippen LogP contribution is -2.33. The Morgan fingerprint density at radius 1 is 1.12 bits per heavy atom. The summed E-state index contributed by atoms with van der Waals surface area (Å²) in [5.74, 6) is 1.58. The minimum atomic E-state index is -0.0906. The first-order chi connectivity index (χ1) is 15.5. The van der Waals surface area contributed by atoms with Crippen LogP contribution in [0.4, 0.5) is 5.69 Å². The molecule has 2 aromatic carbocycles. The highest BCUT2D eigenvalue weighted by Gasteiger charge is 2.28. The first-order valence-electron chi connectivity index (χ1n) is 11.2. The number of amides is 2. The number of benzene rings is 2. The molecule has 0 aliphatic carbocycles. The molecule has 7 heteroatoms. The number of hydrogen-bond acceptors (Lipinski definition) is 6. The monoisotopic (exact) mass is 437 g/mol. The molecule has 170 valence electrons. The first-order valence-corrected chi connectivity index (χ1v) is 11.2. The third kappa shape index (κ3) is 4.72. The molecular weight excluding hydrogens is 406 g/mol. The van der Waals surface area contributed by atoms with Crippen molar-refractivity contribution in [2.45, 2.75) is 38.8 Å². The van der Waals surface area contributed by atoms with Gasteiger partial charge >= 0.3 is 0 Å². The number of ether oxygens (including phenoxy) is 2. The minimum Gasteiger partial charge on any atom is -0.495 e. The van der Waals surface area contributed by atoms with Crippen LogP contribution in [0.2, 0.25) is 0 Å². The summed E-state index contributed by atoms with van der Waals surface area (Å²) in [6.07, 6.45) is 1.62. The molecule has 1 atom stereocenters. The summed E-state index contributed by atoms with van der Waals surface area (Å²) in [5.41, 5.74) is 4.57. The van der Waals surface area contributed by atoms with E-state index in [0.29, 0.717) is 25.9 Å². The van der Waals surface area contributed by atoms with Gasteiger partial charge in [-0.25, -0.2) is 0 Å². The normalized spacial score (nSPS) is 16.3. The Hall–Kier alpha value is -3.06. The van der Waals surface area contributed by atoms with E-state index in [-0.39, 0.29) is 17.9 Å². The van der Waals surface area contributed by atoms with E-state index in [9.17, 15) is 9.59 Å². The maximum Gasteiger partial charge on any atom is 0.229 e. The molecule has 0 saturated carbocycles. The van der Waals surface area contributed by atoms with E-state index in [1.54, 1.807) is 7.11 Å². The molecule has 2 aliphatic rings. The van der Waals surface area contributed by atoms with E-state index in [0.717, 1.165) is 42.3 Å².